The van der Waals surface area contributed by atoms with Crippen LogP contribution in [0, 0.1) is 6.92 Å². The van der Waals surface area contributed by atoms with Crippen LogP contribution in [0.4, 0.5) is 5.69 Å². The summed E-state index contributed by atoms with van der Waals surface area (Å²) in [6.07, 6.45) is 4.76. The fourth-order valence-electron chi connectivity index (χ4n) is 2.50. The molecule has 1 amide bonds. The van der Waals surface area contributed by atoms with Crippen LogP contribution in [0.3, 0.4) is 0 Å². The predicted octanol–water partition coefficient (Wildman–Crippen LogP) is 3.05. The molecule has 1 aliphatic rings. The summed E-state index contributed by atoms with van der Waals surface area (Å²) in [7, 11) is 1.87. The molecule has 1 aromatic carbocycles. The Kier molecular flexibility index (Phi) is 4.24. The van der Waals surface area contributed by atoms with Crippen molar-refractivity contribution in [3.63, 3.8) is 0 Å². The zero-order valence-electron chi connectivity index (χ0n) is 11.3. The molecular weight excluding hydrogens is 224 g/mol. The monoisotopic (exact) mass is 246 g/mol. The average molecular weight is 246 g/mol. The maximum Gasteiger partial charge on any atom is 0.255 e. The molecule has 3 heteroatoms. The van der Waals surface area contributed by atoms with Crippen LogP contribution < -0.4 is 5.32 Å². The molecule has 98 valence electrons. The normalized spacial score (nSPS) is 16.2. The third-order valence-corrected chi connectivity index (χ3v) is 3.57. The van der Waals surface area contributed by atoms with Gasteiger partial charge in [-0.1, -0.05) is 18.9 Å². The average Bonchev–Trinajstić information content (AvgIpc) is 2.66. The molecule has 0 saturated carbocycles. The van der Waals surface area contributed by atoms with Crippen molar-refractivity contribution < 1.29 is 4.79 Å². The standard InChI is InChI=1S/C15H22N2O/c1-12-7-8-13(14(11-12)16-2)15(18)17-9-5-3-4-6-10-17/h7-8,11,16H,3-6,9-10H2,1-2H3. The molecule has 18 heavy (non-hydrogen) atoms. The second kappa shape index (κ2) is 5.89. The number of hydrogen-bond acceptors (Lipinski definition) is 2. The lowest BCUT2D eigenvalue weighted by atomic mass is 10.1. The van der Waals surface area contributed by atoms with Crippen LogP contribution in [0.5, 0.6) is 0 Å². The zero-order valence-corrected chi connectivity index (χ0v) is 11.3. The second-order valence-corrected chi connectivity index (χ2v) is 5.01. The Morgan fingerprint density at radius 3 is 2.44 bits per heavy atom. The summed E-state index contributed by atoms with van der Waals surface area (Å²) >= 11 is 0. The van der Waals surface area contributed by atoms with E-state index in [1.807, 2.05) is 37.1 Å². The fourth-order valence-corrected chi connectivity index (χ4v) is 2.50. The molecule has 1 N–H and O–H groups in total. The van der Waals surface area contributed by atoms with Crippen molar-refractivity contribution in [2.75, 3.05) is 25.5 Å². The molecule has 1 fully saturated rings. The van der Waals surface area contributed by atoms with Gasteiger partial charge in [-0.25, -0.2) is 0 Å². The molecule has 0 spiro atoms. The second-order valence-electron chi connectivity index (χ2n) is 5.01. The first-order valence-corrected chi connectivity index (χ1v) is 6.80. The molecule has 1 heterocycles. The van der Waals surface area contributed by atoms with Crippen molar-refractivity contribution in [3.05, 3.63) is 29.3 Å². The number of nitrogens with zero attached hydrogens (tertiary/aromatic N) is 1. The molecule has 1 aliphatic heterocycles. The van der Waals surface area contributed by atoms with Gasteiger partial charge in [0.15, 0.2) is 0 Å². The summed E-state index contributed by atoms with van der Waals surface area (Å²) in [6, 6.07) is 5.98. The summed E-state index contributed by atoms with van der Waals surface area (Å²) < 4.78 is 0. The van der Waals surface area contributed by atoms with Gasteiger partial charge in [0.05, 0.1) is 5.56 Å². The lowest BCUT2D eigenvalue weighted by Crippen LogP contribution is -2.32. The molecule has 3 nitrogen and oxygen atoms in total. The molecule has 1 aromatic rings. The van der Waals surface area contributed by atoms with Crippen molar-refractivity contribution in [3.8, 4) is 0 Å². The number of nitrogens with one attached hydrogen (secondary N) is 1. The molecule has 0 atom stereocenters. The zero-order chi connectivity index (χ0) is 13.0. The smallest absolute Gasteiger partial charge is 0.255 e. The van der Waals surface area contributed by atoms with Gasteiger partial charge in [0.1, 0.15) is 0 Å². The van der Waals surface area contributed by atoms with Crippen molar-refractivity contribution >= 4 is 11.6 Å². The summed E-state index contributed by atoms with van der Waals surface area (Å²) in [4.78, 5) is 14.5. The van der Waals surface area contributed by atoms with Gasteiger partial charge < -0.3 is 10.2 Å². The quantitative estimate of drug-likeness (QED) is 0.870. The molecule has 0 bridgehead atoms. The lowest BCUT2D eigenvalue weighted by Gasteiger charge is -2.22. The van der Waals surface area contributed by atoms with E-state index >= 15 is 0 Å². The Bertz CT molecular complexity index is 421. The van der Waals surface area contributed by atoms with Crippen LogP contribution in [0.1, 0.15) is 41.6 Å². The first kappa shape index (κ1) is 12.9. The van der Waals surface area contributed by atoms with Gasteiger partial charge in [-0.15, -0.1) is 0 Å². The number of likely N-dealkylation sites (tertiary alicyclic amines) is 1. The van der Waals surface area contributed by atoms with Gasteiger partial charge in [0, 0.05) is 25.8 Å². The van der Waals surface area contributed by atoms with Crippen LogP contribution in [0.25, 0.3) is 0 Å². The number of anilines is 1. The predicted molar refractivity (Wildman–Crippen MR) is 75.1 cm³/mol. The summed E-state index contributed by atoms with van der Waals surface area (Å²) in [5, 5.41) is 3.12. The van der Waals surface area contributed by atoms with E-state index in [0.29, 0.717) is 0 Å². The SMILES string of the molecule is CNc1cc(C)ccc1C(=O)N1CCCCCC1. The first-order chi connectivity index (χ1) is 8.72. The highest BCUT2D eigenvalue weighted by Gasteiger charge is 2.19. The Morgan fingerprint density at radius 2 is 1.83 bits per heavy atom. The van der Waals surface area contributed by atoms with Gasteiger partial charge in [0.25, 0.3) is 5.91 Å². The minimum Gasteiger partial charge on any atom is -0.387 e. The topological polar surface area (TPSA) is 32.3 Å². The first-order valence-electron chi connectivity index (χ1n) is 6.80. The van der Waals surface area contributed by atoms with Crippen molar-refractivity contribution in [2.45, 2.75) is 32.6 Å². The van der Waals surface area contributed by atoms with E-state index in [2.05, 4.69) is 5.32 Å². The fraction of sp³-hybridized carbons (Fsp3) is 0.533. The Balaban J connectivity index is 2.21. The van der Waals surface area contributed by atoms with Crippen LogP contribution >= 0.6 is 0 Å². The molecular formula is C15H22N2O. The maximum atomic E-state index is 12.5. The molecule has 0 aliphatic carbocycles. The highest BCUT2D eigenvalue weighted by Crippen LogP contribution is 2.20. The van der Waals surface area contributed by atoms with Crippen LogP contribution in [0.15, 0.2) is 18.2 Å². The number of amides is 1. The third-order valence-electron chi connectivity index (χ3n) is 3.57. The highest BCUT2D eigenvalue weighted by atomic mass is 16.2. The number of benzene rings is 1. The van der Waals surface area contributed by atoms with Gasteiger partial charge in [-0.3, -0.25) is 4.79 Å². The van der Waals surface area contributed by atoms with E-state index in [0.717, 1.165) is 37.2 Å². The summed E-state index contributed by atoms with van der Waals surface area (Å²) in [6.45, 7) is 3.84. The number of hydrogen-bond donors (Lipinski definition) is 1. The third kappa shape index (κ3) is 2.84. The van der Waals surface area contributed by atoms with Gasteiger partial charge in [-0.2, -0.15) is 0 Å². The Labute approximate surface area is 109 Å². The molecule has 1 saturated heterocycles. The minimum atomic E-state index is 0.168. The van der Waals surface area contributed by atoms with E-state index in [1.54, 1.807) is 0 Å². The van der Waals surface area contributed by atoms with Crippen molar-refractivity contribution in [1.82, 2.24) is 4.90 Å². The Morgan fingerprint density at radius 1 is 1.17 bits per heavy atom. The largest absolute Gasteiger partial charge is 0.387 e. The van der Waals surface area contributed by atoms with E-state index < -0.39 is 0 Å². The van der Waals surface area contributed by atoms with Crippen molar-refractivity contribution in [1.29, 1.82) is 0 Å². The molecule has 0 unspecified atom stereocenters. The summed E-state index contributed by atoms with van der Waals surface area (Å²) in [5.74, 6) is 0.168. The lowest BCUT2D eigenvalue weighted by molar-refractivity contribution is 0.0762. The van der Waals surface area contributed by atoms with Crippen LogP contribution in [-0.2, 0) is 0 Å². The van der Waals surface area contributed by atoms with Gasteiger partial charge in [-0.05, 0) is 37.5 Å². The van der Waals surface area contributed by atoms with E-state index in [4.69, 9.17) is 0 Å². The number of carbonyl (C=O) groups excluding carboxylic acids is 1. The molecule has 2 rings (SSSR count). The number of aryl methyl sites for hydroxylation is 1. The van der Waals surface area contributed by atoms with E-state index in [1.165, 1.54) is 18.4 Å². The molecule has 0 radical (unpaired) electrons. The van der Waals surface area contributed by atoms with Crippen LogP contribution in [-0.4, -0.2) is 30.9 Å². The van der Waals surface area contributed by atoms with Crippen molar-refractivity contribution in [2.24, 2.45) is 0 Å². The van der Waals surface area contributed by atoms with E-state index in [9.17, 15) is 4.79 Å². The maximum absolute atomic E-state index is 12.5. The molecule has 0 aromatic heterocycles. The Hall–Kier alpha value is -1.51. The minimum absolute atomic E-state index is 0.168. The van der Waals surface area contributed by atoms with Gasteiger partial charge in [0.2, 0.25) is 0 Å². The van der Waals surface area contributed by atoms with Crippen LogP contribution in [0.2, 0.25) is 0 Å². The summed E-state index contributed by atoms with van der Waals surface area (Å²) in [5.41, 5.74) is 2.90. The number of carbonyl (C=O) groups is 1. The van der Waals surface area contributed by atoms with Gasteiger partial charge >= 0.3 is 0 Å². The highest BCUT2D eigenvalue weighted by molar-refractivity contribution is 5.99. The van der Waals surface area contributed by atoms with E-state index in [-0.39, 0.29) is 5.91 Å². The number of rotatable bonds is 2.